The van der Waals surface area contributed by atoms with Crippen molar-refractivity contribution in [2.24, 2.45) is 0 Å². The number of hydrogen-bond donors (Lipinski definition) is 3. The Bertz CT molecular complexity index is 328. The maximum atomic E-state index is 12.5. The number of hydrogen-bond acceptors (Lipinski definition) is 3. The van der Waals surface area contributed by atoms with E-state index in [0.29, 0.717) is 6.42 Å². The monoisotopic (exact) mass is 304 g/mol. The molecule has 0 aromatic rings. The molecule has 118 valence electrons. The number of methoxy groups -OCH3 is 1. The van der Waals surface area contributed by atoms with Crippen molar-refractivity contribution in [2.75, 3.05) is 20.3 Å². The van der Waals surface area contributed by atoms with Gasteiger partial charge in [-0.25, -0.2) is 18.4 Å². The summed E-state index contributed by atoms with van der Waals surface area (Å²) in [6.45, 7) is -1.32. The topological polar surface area (TPSA) is 87.7 Å². The van der Waals surface area contributed by atoms with Gasteiger partial charge in [0.25, 0.3) is 0 Å². The van der Waals surface area contributed by atoms with E-state index in [9.17, 15) is 27.2 Å². The van der Waals surface area contributed by atoms with Crippen LogP contribution in [0.5, 0.6) is 0 Å². The van der Waals surface area contributed by atoms with Gasteiger partial charge in [-0.2, -0.15) is 8.78 Å². The molecule has 0 fully saturated rings. The zero-order valence-electron chi connectivity index (χ0n) is 10.7. The first kappa shape index (κ1) is 18.4. The van der Waals surface area contributed by atoms with E-state index in [-0.39, 0.29) is 13.0 Å². The van der Waals surface area contributed by atoms with E-state index in [1.165, 1.54) is 12.4 Å². The Balaban J connectivity index is 4.23. The Labute approximate surface area is 112 Å². The molecule has 1 unspecified atom stereocenters. The quantitative estimate of drug-likeness (QED) is 0.439. The summed E-state index contributed by atoms with van der Waals surface area (Å²) in [5, 5.41) is 12.2. The molecule has 0 aromatic carbocycles. The fourth-order valence-corrected chi connectivity index (χ4v) is 1.17. The highest BCUT2D eigenvalue weighted by atomic mass is 19.3. The summed E-state index contributed by atoms with van der Waals surface area (Å²) < 4.78 is 53.4. The SMILES string of the molecule is COCCCC(NC(=O)NCC(F)(F)C(F)F)C(=O)O. The van der Waals surface area contributed by atoms with E-state index in [0.717, 1.165) is 0 Å². The molecule has 0 aliphatic rings. The third-order valence-corrected chi connectivity index (χ3v) is 2.25. The highest BCUT2D eigenvalue weighted by molar-refractivity contribution is 5.82. The zero-order chi connectivity index (χ0) is 15.8. The van der Waals surface area contributed by atoms with Crippen molar-refractivity contribution in [3.05, 3.63) is 0 Å². The van der Waals surface area contributed by atoms with Crippen LogP contribution >= 0.6 is 0 Å². The van der Waals surface area contributed by atoms with Crippen molar-refractivity contribution in [1.29, 1.82) is 0 Å². The number of ether oxygens (including phenoxy) is 1. The minimum Gasteiger partial charge on any atom is -0.480 e. The Morgan fingerprint density at radius 2 is 1.95 bits per heavy atom. The Morgan fingerprint density at radius 3 is 2.40 bits per heavy atom. The smallest absolute Gasteiger partial charge is 0.326 e. The number of nitrogens with one attached hydrogen (secondary N) is 2. The summed E-state index contributed by atoms with van der Waals surface area (Å²) >= 11 is 0. The predicted octanol–water partition coefficient (Wildman–Crippen LogP) is 1.07. The average Bonchev–Trinajstić information content (AvgIpc) is 2.35. The molecule has 6 nitrogen and oxygen atoms in total. The number of aliphatic carboxylic acids is 1. The molecule has 0 aliphatic carbocycles. The largest absolute Gasteiger partial charge is 0.480 e. The summed E-state index contributed by atoms with van der Waals surface area (Å²) in [6, 6.07) is -2.57. The van der Waals surface area contributed by atoms with Crippen LogP contribution in [0.2, 0.25) is 0 Å². The van der Waals surface area contributed by atoms with Crippen LogP contribution in [0.25, 0.3) is 0 Å². The molecule has 0 saturated carbocycles. The summed E-state index contributed by atoms with van der Waals surface area (Å²) in [7, 11) is 1.41. The van der Waals surface area contributed by atoms with Gasteiger partial charge in [0.15, 0.2) is 0 Å². The molecule has 0 aliphatic heterocycles. The molecular weight excluding hydrogens is 288 g/mol. The van der Waals surface area contributed by atoms with E-state index >= 15 is 0 Å². The van der Waals surface area contributed by atoms with Gasteiger partial charge in [0.1, 0.15) is 6.04 Å². The van der Waals surface area contributed by atoms with Crippen molar-refractivity contribution < 1.29 is 37.0 Å². The Kier molecular flexibility index (Phi) is 7.89. The first-order valence-corrected chi connectivity index (χ1v) is 5.62. The maximum Gasteiger partial charge on any atom is 0.326 e. The third-order valence-electron chi connectivity index (χ3n) is 2.25. The predicted molar refractivity (Wildman–Crippen MR) is 60.0 cm³/mol. The Hall–Kier alpha value is -1.58. The standard InChI is InChI=1S/C10H16F4N2O4/c1-20-4-2-3-6(7(17)18)16-9(19)15-5-10(13,14)8(11)12/h6,8H,2-5H2,1H3,(H,17,18)(H2,15,16,19). The number of alkyl halides is 4. The lowest BCUT2D eigenvalue weighted by atomic mass is 10.1. The van der Waals surface area contributed by atoms with E-state index in [4.69, 9.17) is 9.84 Å². The van der Waals surface area contributed by atoms with Crippen LogP contribution in [-0.4, -0.2) is 55.8 Å². The molecule has 0 saturated heterocycles. The molecule has 1 atom stereocenters. The number of amides is 2. The van der Waals surface area contributed by atoms with Crippen molar-refractivity contribution in [3.63, 3.8) is 0 Å². The molecule has 20 heavy (non-hydrogen) atoms. The molecule has 0 aromatic heterocycles. The van der Waals surface area contributed by atoms with Gasteiger partial charge in [-0.05, 0) is 12.8 Å². The van der Waals surface area contributed by atoms with Gasteiger partial charge in [-0.3, -0.25) is 0 Å². The zero-order valence-corrected chi connectivity index (χ0v) is 10.7. The number of halogens is 4. The molecule has 0 spiro atoms. The number of carboxylic acid groups (broad SMARTS) is 1. The lowest BCUT2D eigenvalue weighted by Gasteiger charge is -2.18. The summed E-state index contributed by atoms with van der Waals surface area (Å²) in [6.07, 6.45) is -3.58. The number of carbonyl (C=O) groups is 2. The number of rotatable bonds is 9. The first-order valence-electron chi connectivity index (χ1n) is 5.62. The van der Waals surface area contributed by atoms with Crippen LogP contribution in [-0.2, 0) is 9.53 Å². The minimum absolute atomic E-state index is 0.0157. The molecular formula is C10H16F4N2O4. The molecule has 0 radical (unpaired) electrons. The number of urea groups is 1. The van der Waals surface area contributed by atoms with Gasteiger partial charge < -0.3 is 20.5 Å². The first-order chi connectivity index (χ1) is 9.20. The fraction of sp³-hybridized carbons (Fsp3) is 0.800. The molecule has 2 amide bonds. The molecule has 0 bridgehead atoms. The van der Waals surface area contributed by atoms with Crippen LogP contribution < -0.4 is 10.6 Å². The molecule has 0 rings (SSSR count). The third kappa shape index (κ3) is 7.12. The van der Waals surface area contributed by atoms with E-state index < -0.39 is 36.9 Å². The van der Waals surface area contributed by atoms with Crippen LogP contribution in [0.15, 0.2) is 0 Å². The van der Waals surface area contributed by atoms with E-state index in [2.05, 4.69) is 0 Å². The normalized spacial score (nSPS) is 13.1. The summed E-state index contributed by atoms with van der Waals surface area (Å²) in [5.74, 6) is -5.73. The average molecular weight is 304 g/mol. The maximum absolute atomic E-state index is 12.5. The van der Waals surface area contributed by atoms with Crippen LogP contribution in [0.1, 0.15) is 12.8 Å². The fourth-order valence-electron chi connectivity index (χ4n) is 1.17. The van der Waals surface area contributed by atoms with Gasteiger partial charge in [-0.15, -0.1) is 0 Å². The number of carboxylic acids is 1. The van der Waals surface area contributed by atoms with Crippen LogP contribution in [0.3, 0.4) is 0 Å². The molecule has 10 heteroatoms. The molecule has 0 heterocycles. The summed E-state index contributed by atoms with van der Waals surface area (Å²) in [5.41, 5.74) is 0. The Morgan fingerprint density at radius 1 is 1.35 bits per heavy atom. The molecule has 3 N–H and O–H groups in total. The van der Waals surface area contributed by atoms with Gasteiger partial charge in [-0.1, -0.05) is 0 Å². The van der Waals surface area contributed by atoms with Crippen molar-refractivity contribution in [3.8, 4) is 0 Å². The van der Waals surface area contributed by atoms with E-state index in [1.807, 2.05) is 5.32 Å². The second-order valence-corrected chi connectivity index (χ2v) is 3.91. The lowest BCUT2D eigenvalue weighted by molar-refractivity contribution is -0.139. The van der Waals surface area contributed by atoms with Crippen LogP contribution in [0.4, 0.5) is 22.4 Å². The number of carbonyl (C=O) groups excluding carboxylic acids is 1. The van der Waals surface area contributed by atoms with Gasteiger partial charge in [0.2, 0.25) is 0 Å². The van der Waals surface area contributed by atoms with Gasteiger partial charge >= 0.3 is 24.3 Å². The van der Waals surface area contributed by atoms with E-state index in [1.54, 1.807) is 0 Å². The second-order valence-electron chi connectivity index (χ2n) is 3.91. The van der Waals surface area contributed by atoms with Gasteiger partial charge in [0.05, 0.1) is 6.54 Å². The van der Waals surface area contributed by atoms with Gasteiger partial charge in [0, 0.05) is 13.7 Å². The second kappa shape index (κ2) is 8.56. The lowest BCUT2D eigenvalue weighted by Crippen LogP contribution is -2.50. The van der Waals surface area contributed by atoms with Crippen molar-refractivity contribution >= 4 is 12.0 Å². The highest BCUT2D eigenvalue weighted by Gasteiger charge is 2.41. The minimum atomic E-state index is -4.37. The van der Waals surface area contributed by atoms with Crippen LogP contribution in [0, 0.1) is 0 Å². The van der Waals surface area contributed by atoms with Crippen molar-refractivity contribution in [2.45, 2.75) is 31.2 Å². The summed E-state index contributed by atoms with van der Waals surface area (Å²) in [4.78, 5) is 22.0. The highest BCUT2D eigenvalue weighted by Crippen LogP contribution is 2.21. The van der Waals surface area contributed by atoms with Crippen molar-refractivity contribution in [1.82, 2.24) is 10.6 Å².